The van der Waals surface area contributed by atoms with Gasteiger partial charge >= 0.3 is 0 Å². The van der Waals surface area contributed by atoms with Crippen molar-refractivity contribution < 1.29 is 4.79 Å². The fourth-order valence-corrected chi connectivity index (χ4v) is 0.481. The van der Waals surface area contributed by atoms with E-state index in [4.69, 9.17) is 5.73 Å². The summed E-state index contributed by atoms with van der Waals surface area (Å²) in [5.74, 6) is 5.09. The first-order valence-electron chi connectivity index (χ1n) is 2.91. The zero-order chi connectivity index (χ0) is 8.10. The molecule has 56 valence electrons. The van der Waals surface area contributed by atoms with Crippen molar-refractivity contribution in [3.8, 4) is 11.8 Å². The molecule has 0 aromatic carbocycles. The molecule has 1 aromatic heterocycles. The number of nitrogens with one attached hydrogen (secondary N) is 1. The SMILES string of the molecule is NC(=O)CC#Cc1ncn[nH]1. The quantitative estimate of drug-likeness (QED) is 0.505. The average molecular weight is 150 g/mol. The second-order valence-electron chi connectivity index (χ2n) is 1.78. The maximum atomic E-state index is 10.2. The normalized spacial score (nSPS) is 8.36. The lowest BCUT2D eigenvalue weighted by Crippen LogP contribution is -2.08. The molecule has 0 aliphatic carbocycles. The van der Waals surface area contributed by atoms with Crippen LogP contribution in [0.25, 0.3) is 0 Å². The van der Waals surface area contributed by atoms with E-state index in [1.165, 1.54) is 6.33 Å². The molecule has 0 fully saturated rings. The van der Waals surface area contributed by atoms with Crippen LogP contribution in [0.15, 0.2) is 6.33 Å². The van der Waals surface area contributed by atoms with Crippen LogP contribution >= 0.6 is 0 Å². The number of aromatic amines is 1. The molecule has 1 aromatic rings. The third-order valence-electron chi connectivity index (χ3n) is 0.884. The second-order valence-corrected chi connectivity index (χ2v) is 1.78. The smallest absolute Gasteiger partial charge is 0.229 e. The summed E-state index contributed by atoms with van der Waals surface area (Å²) in [6.45, 7) is 0. The van der Waals surface area contributed by atoms with Crippen LogP contribution in [0.2, 0.25) is 0 Å². The molecule has 11 heavy (non-hydrogen) atoms. The van der Waals surface area contributed by atoms with Crippen molar-refractivity contribution >= 4 is 5.91 Å². The van der Waals surface area contributed by atoms with Gasteiger partial charge in [-0.1, -0.05) is 5.92 Å². The monoisotopic (exact) mass is 150 g/mol. The van der Waals surface area contributed by atoms with E-state index in [-0.39, 0.29) is 6.42 Å². The molecule has 5 nitrogen and oxygen atoms in total. The number of H-pyrrole nitrogens is 1. The van der Waals surface area contributed by atoms with Crippen molar-refractivity contribution in [1.82, 2.24) is 15.2 Å². The minimum absolute atomic E-state index is 0.0424. The molecule has 1 heterocycles. The van der Waals surface area contributed by atoms with E-state index in [1.807, 2.05) is 0 Å². The molecule has 5 heteroatoms. The number of amides is 1. The molecule has 0 saturated heterocycles. The lowest BCUT2D eigenvalue weighted by atomic mass is 10.4. The van der Waals surface area contributed by atoms with Gasteiger partial charge in [-0.15, -0.1) is 0 Å². The number of nitrogens with two attached hydrogens (primary N) is 1. The molecular weight excluding hydrogens is 144 g/mol. The summed E-state index contributed by atoms with van der Waals surface area (Å²) in [5, 5.41) is 6.09. The summed E-state index contributed by atoms with van der Waals surface area (Å²) in [4.78, 5) is 13.9. The van der Waals surface area contributed by atoms with Gasteiger partial charge in [0.25, 0.3) is 0 Å². The number of carbonyl (C=O) groups is 1. The van der Waals surface area contributed by atoms with Gasteiger partial charge in [-0.05, 0) is 5.92 Å². The van der Waals surface area contributed by atoms with Crippen molar-refractivity contribution in [3.63, 3.8) is 0 Å². The fraction of sp³-hybridized carbons (Fsp3) is 0.167. The first kappa shape index (κ1) is 7.28. The van der Waals surface area contributed by atoms with E-state index in [0.29, 0.717) is 5.82 Å². The predicted molar refractivity (Wildman–Crippen MR) is 37.1 cm³/mol. The summed E-state index contributed by atoms with van der Waals surface area (Å²) in [6.07, 6.45) is 1.38. The first-order chi connectivity index (χ1) is 5.29. The van der Waals surface area contributed by atoms with Gasteiger partial charge in [0.2, 0.25) is 11.7 Å². The van der Waals surface area contributed by atoms with Crippen LogP contribution in [0.5, 0.6) is 0 Å². The van der Waals surface area contributed by atoms with Crippen LogP contribution < -0.4 is 5.73 Å². The van der Waals surface area contributed by atoms with Gasteiger partial charge in [0.05, 0.1) is 6.42 Å². The Hall–Kier alpha value is -1.83. The van der Waals surface area contributed by atoms with Gasteiger partial charge in [-0.3, -0.25) is 9.89 Å². The highest BCUT2D eigenvalue weighted by atomic mass is 16.1. The summed E-state index contributed by atoms with van der Waals surface area (Å²) in [5.41, 5.74) is 4.84. The van der Waals surface area contributed by atoms with Crippen LogP contribution in [-0.2, 0) is 4.79 Å². The Balaban J connectivity index is 2.52. The van der Waals surface area contributed by atoms with E-state index in [9.17, 15) is 4.79 Å². The van der Waals surface area contributed by atoms with Gasteiger partial charge in [0.1, 0.15) is 6.33 Å². The molecule has 0 saturated carbocycles. The van der Waals surface area contributed by atoms with Crippen LogP contribution in [0.4, 0.5) is 0 Å². The van der Waals surface area contributed by atoms with Gasteiger partial charge in [-0.25, -0.2) is 4.98 Å². The largest absolute Gasteiger partial charge is 0.369 e. The van der Waals surface area contributed by atoms with E-state index in [0.717, 1.165) is 0 Å². The Morgan fingerprint density at radius 3 is 3.18 bits per heavy atom. The lowest BCUT2D eigenvalue weighted by Gasteiger charge is -1.78. The molecular formula is C6H6N4O. The van der Waals surface area contributed by atoms with Crippen molar-refractivity contribution in [2.75, 3.05) is 0 Å². The van der Waals surface area contributed by atoms with Crippen LogP contribution in [0, 0.1) is 11.8 Å². The molecule has 0 unspecified atom stereocenters. The third-order valence-corrected chi connectivity index (χ3v) is 0.884. The molecule has 0 aliphatic rings. The number of aromatic nitrogens is 3. The summed E-state index contributed by atoms with van der Waals surface area (Å²) in [7, 11) is 0. The molecule has 1 amide bonds. The molecule has 3 N–H and O–H groups in total. The van der Waals surface area contributed by atoms with Crippen LogP contribution in [0.1, 0.15) is 12.2 Å². The highest BCUT2D eigenvalue weighted by molar-refractivity contribution is 5.76. The number of primary amides is 1. The maximum absolute atomic E-state index is 10.2. The fourth-order valence-electron chi connectivity index (χ4n) is 0.481. The second kappa shape index (κ2) is 3.37. The van der Waals surface area contributed by atoms with E-state index < -0.39 is 5.91 Å². The zero-order valence-corrected chi connectivity index (χ0v) is 5.66. The molecule has 0 atom stereocenters. The number of nitrogens with zero attached hydrogens (tertiary/aromatic N) is 2. The van der Waals surface area contributed by atoms with Crippen molar-refractivity contribution in [2.45, 2.75) is 6.42 Å². The highest BCUT2D eigenvalue weighted by Crippen LogP contribution is 1.80. The molecule has 0 radical (unpaired) electrons. The minimum Gasteiger partial charge on any atom is -0.369 e. The molecule has 0 bridgehead atoms. The van der Waals surface area contributed by atoms with Crippen molar-refractivity contribution in [3.05, 3.63) is 12.2 Å². The Labute approximate surface area is 63.0 Å². The number of carbonyl (C=O) groups excluding carboxylic acids is 1. The Kier molecular flexibility index (Phi) is 2.23. The highest BCUT2D eigenvalue weighted by Gasteiger charge is 1.87. The number of rotatable bonds is 1. The molecule has 0 spiro atoms. The summed E-state index contributed by atoms with van der Waals surface area (Å²) in [6, 6.07) is 0. The number of hydrogen-bond acceptors (Lipinski definition) is 3. The van der Waals surface area contributed by atoms with E-state index in [1.54, 1.807) is 0 Å². The van der Waals surface area contributed by atoms with Crippen LogP contribution in [0.3, 0.4) is 0 Å². The minimum atomic E-state index is -0.447. The molecule has 1 rings (SSSR count). The van der Waals surface area contributed by atoms with Gasteiger partial charge in [0, 0.05) is 0 Å². The Bertz CT molecular complexity index is 292. The van der Waals surface area contributed by atoms with Crippen molar-refractivity contribution in [1.29, 1.82) is 0 Å². The summed E-state index contributed by atoms with van der Waals surface area (Å²) < 4.78 is 0. The Morgan fingerprint density at radius 1 is 1.82 bits per heavy atom. The first-order valence-corrected chi connectivity index (χ1v) is 2.91. The van der Waals surface area contributed by atoms with Crippen LogP contribution in [-0.4, -0.2) is 21.1 Å². The van der Waals surface area contributed by atoms with Gasteiger partial charge < -0.3 is 5.73 Å². The van der Waals surface area contributed by atoms with Gasteiger partial charge in [0.15, 0.2) is 0 Å². The van der Waals surface area contributed by atoms with Crippen molar-refractivity contribution in [2.24, 2.45) is 5.73 Å². The van der Waals surface area contributed by atoms with Gasteiger partial charge in [-0.2, -0.15) is 5.10 Å². The topological polar surface area (TPSA) is 84.7 Å². The number of hydrogen-bond donors (Lipinski definition) is 2. The summed E-state index contributed by atoms with van der Waals surface area (Å²) >= 11 is 0. The maximum Gasteiger partial charge on any atom is 0.229 e. The predicted octanol–water partition coefficient (Wildman–Crippen LogP) is -0.968. The Morgan fingerprint density at radius 2 is 2.64 bits per heavy atom. The zero-order valence-electron chi connectivity index (χ0n) is 5.66. The standard InChI is InChI=1S/C6H6N4O/c7-5(11)2-1-3-6-8-4-9-10-6/h4H,2H2,(H2,7,11)(H,8,9,10). The average Bonchev–Trinajstić information content (AvgIpc) is 2.39. The lowest BCUT2D eigenvalue weighted by molar-refractivity contribution is -0.117. The van der Waals surface area contributed by atoms with E-state index >= 15 is 0 Å². The van der Waals surface area contributed by atoms with E-state index in [2.05, 4.69) is 27.0 Å². The molecule has 0 aliphatic heterocycles. The third kappa shape index (κ3) is 2.49.